The van der Waals surface area contributed by atoms with Gasteiger partial charge in [-0.05, 0) is 23.4 Å². The molecule has 5 heteroatoms. The van der Waals surface area contributed by atoms with Crippen LogP contribution in [0.5, 0.6) is 0 Å². The molecule has 3 rings (SSSR count). The van der Waals surface area contributed by atoms with Gasteiger partial charge in [-0.1, -0.05) is 13.0 Å². The van der Waals surface area contributed by atoms with Crippen molar-refractivity contribution in [3.05, 3.63) is 35.0 Å². The highest BCUT2D eigenvalue weighted by atomic mass is 32.1. The summed E-state index contributed by atoms with van der Waals surface area (Å²) in [5.41, 5.74) is 8.77. The van der Waals surface area contributed by atoms with Crippen LogP contribution in [0.4, 0.5) is 0 Å². The summed E-state index contributed by atoms with van der Waals surface area (Å²) in [6.07, 6.45) is 2.80. The van der Waals surface area contributed by atoms with E-state index in [1.165, 1.54) is 0 Å². The summed E-state index contributed by atoms with van der Waals surface area (Å²) in [5.74, 6) is 0.791. The Kier molecular flexibility index (Phi) is 2.85. The van der Waals surface area contributed by atoms with E-state index in [0.29, 0.717) is 6.54 Å². The average Bonchev–Trinajstić information content (AvgIpc) is 3.06. The Hall–Kier alpha value is -1.72. The summed E-state index contributed by atoms with van der Waals surface area (Å²) in [5, 5.41) is 3.12. The first-order valence-electron chi connectivity index (χ1n) is 5.94. The van der Waals surface area contributed by atoms with Crippen molar-refractivity contribution < 1.29 is 0 Å². The zero-order chi connectivity index (χ0) is 12.5. The van der Waals surface area contributed by atoms with Crippen molar-refractivity contribution in [2.75, 3.05) is 0 Å². The predicted molar refractivity (Wildman–Crippen MR) is 74.5 cm³/mol. The first kappa shape index (κ1) is 11.4. The van der Waals surface area contributed by atoms with Gasteiger partial charge in [0.1, 0.15) is 5.65 Å². The minimum Gasteiger partial charge on any atom is -0.346 e. The number of H-pyrrole nitrogens is 1. The summed E-state index contributed by atoms with van der Waals surface area (Å²) in [6, 6.07) is 4.05. The highest BCUT2D eigenvalue weighted by Crippen LogP contribution is 2.26. The standard InChI is InChI=1S/C13H14N4S/c1-2-9-11-8(6-14)7-15-13(11)17-12(16-9)10-4-3-5-18-10/h3-5,7H,2,6,14H2,1H3,(H,15,16,17). The molecular weight excluding hydrogens is 244 g/mol. The number of hydrogen-bond donors (Lipinski definition) is 2. The Morgan fingerprint density at radius 2 is 2.28 bits per heavy atom. The highest BCUT2D eigenvalue weighted by Gasteiger charge is 2.13. The van der Waals surface area contributed by atoms with Crippen LogP contribution in [-0.4, -0.2) is 15.0 Å². The highest BCUT2D eigenvalue weighted by molar-refractivity contribution is 7.13. The molecule has 4 nitrogen and oxygen atoms in total. The van der Waals surface area contributed by atoms with Crippen LogP contribution in [0.15, 0.2) is 23.7 Å². The second-order valence-corrected chi connectivity index (χ2v) is 5.01. The van der Waals surface area contributed by atoms with E-state index in [-0.39, 0.29) is 0 Å². The number of thiophene rings is 1. The molecule has 0 atom stereocenters. The van der Waals surface area contributed by atoms with Gasteiger partial charge in [-0.25, -0.2) is 9.97 Å². The third-order valence-electron chi connectivity index (χ3n) is 2.98. The number of hydrogen-bond acceptors (Lipinski definition) is 4. The summed E-state index contributed by atoms with van der Waals surface area (Å²) in [6.45, 7) is 2.61. The Morgan fingerprint density at radius 3 is 2.94 bits per heavy atom. The number of rotatable bonds is 3. The molecular formula is C13H14N4S. The normalized spacial score (nSPS) is 11.2. The van der Waals surface area contributed by atoms with E-state index >= 15 is 0 Å². The van der Waals surface area contributed by atoms with Crippen molar-refractivity contribution in [2.45, 2.75) is 19.9 Å². The van der Waals surface area contributed by atoms with Gasteiger partial charge in [0, 0.05) is 18.1 Å². The quantitative estimate of drug-likeness (QED) is 0.759. The van der Waals surface area contributed by atoms with E-state index in [0.717, 1.165) is 39.4 Å². The van der Waals surface area contributed by atoms with Gasteiger partial charge < -0.3 is 10.7 Å². The maximum absolute atomic E-state index is 5.74. The lowest BCUT2D eigenvalue weighted by Crippen LogP contribution is -1.99. The topological polar surface area (TPSA) is 67.6 Å². The minimum absolute atomic E-state index is 0.509. The molecule has 0 aromatic carbocycles. The van der Waals surface area contributed by atoms with E-state index in [2.05, 4.69) is 21.9 Å². The lowest BCUT2D eigenvalue weighted by molar-refractivity contribution is 1.02. The fourth-order valence-electron chi connectivity index (χ4n) is 2.11. The van der Waals surface area contributed by atoms with Gasteiger partial charge in [0.05, 0.1) is 10.6 Å². The van der Waals surface area contributed by atoms with Crippen molar-refractivity contribution >= 4 is 22.4 Å². The van der Waals surface area contributed by atoms with Gasteiger partial charge in [0.2, 0.25) is 0 Å². The fraction of sp³-hybridized carbons (Fsp3) is 0.231. The second-order valence-electron chi connectivity index (χ2n) is 4.07. The molecule has 92 valence electrons. The number of nitrogens with zero attached hydrogens (tertiary/aromatic N) is 2. The van der Waals surface area contributed by atoms with Crippen molar-refractivity contribution in [3.8, 4) is 10.7 Å². The smallest absolute Gasteiger partial charge is 0.171 e. The largest absolute Gasteiger partial charge is 0.346 e. The van der Waals surface area contributed by atoms with Crippen molar-refractivity contribution in [1.82, 2.24) is 15.0 Å². The third kappa shape index (κ3) is 1.72. The van der Waals surface area contributed by atoms with Gasteiger partial charge in [-0.3, -0.25) is 0 Å². The van der Waals surface area contributed by atoms with Crippen LogP contribution in [0.1, 0.15) is 18.2 Å². The zero-order valence-corrected chi connectivity index (χ0v) is 10.9. The van der Waals surface area contributed by atoms with Gasteiger partial charge in [-0.2, -0.15) is 0 Å². The van der Waals surface area contributed by atoms with Crippen molar-refractivity contribution in [3.63, 3.8) is 0 Å². The number of aryl methyl sites for hydroxylation is 1. The Bertz CT molecular complexity index is 670. The van der Waals surface area contributed by atoms with Gasteiger partial charge in [0.15, 0.2) is 5.82 Å². The Labute approximate surface area is 109 Å². The fourth-order valence-corrected chi connectivity index (χ4v) is 2.77. The molecule has 3 N–H and O–H groups in total. The zero-order valence-electron chi connectivity index (χ0n) is 10.1. The summed E-state index contributed by atoms with van der Waals surface area (Å²) >= 11 is 1.65. The average molecular weight is 258 g/mol. The van der Waals surface area contributed by atoms with Crippen LogP contribution in [0.2, 0.25) is 0 Å². The molecule has 0 aliphatic heterocycles. The Balaban J connectivity index is 2.26. The first-order chi connectivity index (χ1) is 8.83. The van der Waals surface area contributed by atoms with Gasteiger partial charge in [-0.15, -0.1) is 11.3 Å². The van der Waals surface area contributed by atoms with Crippen LogP contribution >= 0.6 is 11.3 Å². The summed E-state index contributed by atoms with van der Waals surface area (Å²) in [4.78, 5) is 13.5. The number of nitrogens with one attached hydrogen (secondary N) is 1. The maximum atomic E-state index is 5.74. The molecule has 0 bridgehead atoms. The van der Waals surface area contributed by atoms with Crippen LogP contribution in [0.3, 0.4) is 0 Å². The SMILES string of the molecule is CCc1nc(-c2cccs2)nc2[nH]cc(CN)c12. The number of aromatic amines is 1. The molecule has 18 heavy (non-hydrogen) atoms. The first-order valence-corrected chi connectivity index (χ1v) is 6.82. The summed E-state index contributed by atoms with van der Waals surface area (Å²) in [7, 11) is 0. The van der Waals surface area contributed by atoms with Gasteiger partial charge in [0.25, 0.3) is 0 Å². The molecule has 0 spiro atoms. The lowest BCUT2D eigenvalue weighted by Gasteiger charge is -2.04. The lowest BCUT2D eigenvalue weighted by atomic mass is 10.1. The molecule has 0 aliphatic carbocycles. The van der Waals surface area contributed by atoms with E-state index in [1.54, 1.807) is 11.3 Å². The minimum atomic E-state index is 0.509. The molecule has 0 aliphatic rings. The van der Waals surface area contributed by atoms with E-state index < -0.39 is 0 Å². The van der Waals surface area contributed by atoms with E-state index in [1.807, 2.05) is 23.7 Å². The van der Waals surface area contributed by atoms with Crippen LogP contribution in [0.25, 0.3) is 21.7 Å². The van der Waals surface area contributed by atoms with Crippen LogP contribution in [-0.2, 0) is 13.0 Å². The molecule has 0 saturated carbocycles. The maximum Gasteiger partial charge on any atom is 0.171 e. The molecule has 0 saturated heterocycles. The van der Waals surface area contributed by atoms with E-state index in [9.17, 15) is 0 Å². The third-order valence-corrected chi connectivity index (χ3v) is 3.85. The molecule has 3 aromatic heterocycles. The number of aromatic nitrogens is 3. The molecule has 0 amide bonds. The van der Waals surface area contributed by atoms with E-state index in [4.69, 9.17) is 5.73 Å². The number of fused-ring (bicyclic) bond motifs is 1. The van der Waals surface area contributed by atoms with Crippen LogP contribution < -0.4 is 5.73 Å². The Morgan fingerprint density at radius 1 is 1.39 bits per heavy atom. The van der Waals surface area contributed by atoms with Crippen molar-refractivity contribution in [2.24, 2.45) is 5.73 Å². The monoisotopic (exact) mass is 258 g/mol. The second kappa shape index (κ2) is 4.51. The number of nitrogens with two attached hydrogens (primary N) is 1. The van der Waals surface area contributed by atoms with Gasteiger partial charge >= 0.3 is 0 Å². The van der Waals surface area contributed by atoms with Crippen LogP contribution in [0, 0.1) is 0 Å². The molecule has 0 fully saturated rings. The molecule has 0 unspecified atom stereocenters. The summed E-state index contributed by atoms with van der Waals surface area (Å²) < 4.78 is 0. The van der Waals surface area contributed by atoms with Crippen molar-refractivity contribution in [1.29, 1.82) is 0 Å². The molecule has 3 aromatic rings. The molecule has 3 heterocycles. The predicted octanol–water partition coefficient (Wildman–Crippen LogP) is 2.71. The molecule has 0 radical (unpaired) electrons.